The lowest BCUT2D eigenvalue weighted by atomic mass is 10.4. The molecule has 0 aliphatic carbocycles. The SMILES string of the molecule is CC1=C(Br)C(=O)NS(=O)(=O)N1. The summed E-state index contributed by atoms with van der Waals surface area (Å²) in [4.78, 5) is 10.8. The molecular formula is C4H5BrN2O3S. The van der Waals surface area contributed by atoms with E-state index in [-0.39, 0.29) is 10.2 Å². The van der Waals surface area contributed by atoms with Gasteiger partial charge in [-0.25, -0.2) is 4.72 Å². The minimum Gasteiger partial charge on any atom is -0.269 e. The van der Waals surface area contributed by atoms with Crippen LogP contribution in [0.1, 0.15) is 6.92 Å². The summed E-state index contributed by atoms with van der Waals surface area (Å²) in [5.41, 5.74) is 0.286. The first-order chi connectivity index (χ1) is 4.92. The van der Waals surface area contributed by atoms with Crippen LogP contribution in [-0.2, 0) is 15.0 Å². The molecule has 7 heteroatoms. The second kappa shape index (κ2) is 2.49. The van der Waals surface area contributed by atoms with Crippen molar-refractivity contribution in [2.45, 2.75) is 6.92 Å². The molecule has 2 N–H and O–H groups in total. The van der Waals surface area contributed by atoms with Gasteiger partial charge in [-0.3, -0.25) is 9.52 Å². The average molecular weight is 241 g/mol. The van der Waals surface area contributed by atoms with Crippen molar-refractivity contribution in [1.82, 2.24) is 9.44 Å². The van der Waals surface area contributed by atoms with Gasteiger partial charge in [-0.05, 0) is 22.9 Å². The van der Waals surface area contributed by atoms with Gasteiger partial charge in [0.25, 0.3) is 5.91 Å². The molecule has 0 aromatic carbocycles. The number of amides is 1. The zero-order valence-corrected chi connectivity index (χ0v) is 7.91. The number of nitrogens with one attached hydrogen (secondary N) is 2. The summed E-state index contributed by atoms with van der Waals surface area (Å²) in [6.45, 7) is 1.49. The van der Waals surface area contributed by atoms with Crippen molar-refractivity contribution in [3.63, 3.8) is 0 Å². The number of carbonyl (C=O) groups excluding carboxylic acids is 1. The second-order valence-corrected chi connectivity index (χ2v) is 4.18. The molecule has 0 spiro atoms. The van der Waals surface area contributed by atoms with Crippen molar-refractivity contribution < 1.29 is 13.2 Å². The lowest BCUT2D eigenvalue weighted by molar-refractivity contribution is -0.115. The Morgan fingerprint density at radius 1 is 1.36 bits per heavy atom. The number of halogens is 1. The Bertz CT molecular complexity index is 331. The van der Waals surface area contributed by atoms with Crippen molar-refractivity contribution in [2.24, 2.45) is 0 Å². The molecule has 62 valence electrons. The molecular weight excluding hydrogens is 236 g/mol. The molecule has 11 heavy (non-hydrogen) atoms. The second-order valence-electron chi connectivity index (χ2n) is 1.98. The molecule has 0 fully saturated rings. The van der Waals surface area contributed by atoms with Crippen molar-refractivity contribution >= 4 is 32.0 Å². The summed E-state index contributed by atoms with van der Waals surface area (Å²) < 4.78 is 25.5. The Balaban J connectivity index is 3.14. The normalized spacial score (nSPS) is 22.5. The lowest BCUT2D eigenvalue weighted by Gasteiger charge is -2.15. The van der Waals surface area contributed by atoms with Gasteiger partial charge in [0.2, 0.25) is 0 Å². The van der Waals surface area contributed by atoms with E-state index in [2.05, 4.69) is 20.7 Å². The van der Waals surface area contributed by atoms with Gasteiger partial charge in [0.15, 0.2) is 0 Å². The number of hydrogen-bond acceptors (Lipinski definition) is 3. The molecule has 1 rings (SSSR count). The van der Waals surface area contributed by atoms with E-state index in [9.17, 15) is 13.2 Å². The largest absolute Gasteiger partial charge is 0.323 e. The van der Waals surface area contributed by atoms with E-state index in [0.717, 1.165) is 0 Å². The van der Waals surface area contributed by atoms with Gasteiger partial charge in [0.05, 0.1) is 0 Å². The van der Waals surface area contributed by atoms with Crippen molar-refractivity contribution in [2.75, 3.05) is 0 Å². The van der Waals surface area contributed by atoms with Crippen LogP contribution in [0.2, 0.25) is 0 Å². The van der Waals surface area contributed by atoms with Crippen LogP contribution in [0.3, 0.4) is 0 Å². The van der Waals surface area contributed by atoms with E-state index in [1.807, 2.05) is 0 Å². The third-order valence-electron chi connectivity index (χ3n) is 1.04. The van der Waals surface area contributed by atoms with E-state index in [1.165, 1.54) is 6.92 Å². The third kappa shape index (κ3) is 1.72. The molecule has 0 saturated heterocycles. The maximum absolute atomic E-state index is 10.8. The number of carbonyl (C=O) groups is 1. The van der Waals surface area contributed by atoms with Crippen LogP contribution < -0.4 is 9.44 Å². The molecule has 0 aromatic rings. The van der Waals surface area contributed by atoms with Crippen LogP contribution in [0.15, 0.2) is 10.2 Å². The van der Waals surface area contributed by atoms with Crippen LogP contribution in [0, 0.1) is 0 Å². The predicted molar refractivity (Wildman–Crippen MR) is 41.8 cm³/mol. The first-order valence-electron chi connectivity index (χ1n) is 2.63. The zero-order chi connectivity index (χ0) is 8.65. The van der Waals surface area contributed by atoms with E-state index >= 15 is 0 Å². The summed E-state index contributed by atoms with van der Waals surface area (Å²) in [5, 5.41) is 0. The lowest BCUT2D eigenvalue weighted by Crippen LogP contribution is -2.44. The summed E-state index contributed by atoms with van der Waals surface area (Å²) in [7, 11) is -3.65. The van der Waals surface area contributed by atoms with Crippen molar-refractivity contribution in [3.05, 3.63) is 10.2 Å². The van der Waals surface area contributed by atoms with E-state index in [4.69, 9.17) is 0 Å². The van der Waals surface area contributed by atoms with E-state index in [1.54, 1.807) is 4.72 Å². The van der Waals surface area contributed by atoms with E-state index in [0.29, 0.717) is 0 Å². The molecule has 1 aliphatic rings. The Labute approximate surface area is 72.2 Å². The fourth-order valence-corrected chi connectivity index (χ4v) is 1.97. The maximum atomic E-state index is 10.8. The number of hydrogen-bond donors (Lipinski definition) is 2. The fraction of sp³-hybridized carbons (Fsp3) is 0.250. The zero-order valence-electron chi connectivity index (χ0n) is 5.51. The molecule has 0 aromatic heterocycles. The molecule has 1 aliphatic heterocycles. The molecule has 0 unspecified atom stereocenters. The Morgan fingerprint density at radius 2 is 1.91 bits per heavy atom. The van der Waals surface area contributed by atoms with Crippen LogP contribution in [0.5, 0.6) is 0 Å². The van der Waals surface area contributed by atoms with E-state index < -0.39 is 16.1 Å². The number of rotatable bonds is 0. The van der Waals surface area contributed by atoms with Crippen LogP contribution in [0.25, 0.3) is 0 Å². The standard InChI is InChI=1S/C4H5BrN2O3S/c1-2-3(5)4(8)7-11(9,10)6-2/h6H,1H3,(H,7,8). The highest BCUT2D eigenvalue weighted by Crippen LogP contribution is 2.13. The quantitative estimate of drug-likeness (QED) is 0.604. The molecule has 0 radical (unpaired) electrons. The predicted octanol–water partition coefficient (Wildman–Crippen LogP) is -0.423. The molecule has 1 amide bonds. The highest BCUT2D eigenvalue weighted by Gasteiger charge is 2.24. The third-order valence-corrected chi connectivity index (χ3v) is 3.03. The highest BCUT2D eigenvalue weighted by atomic mass is 79.9. The number of allylic oxidation sites excluding steroid dienone is 1. The van der Waals surface area contributed by atoms with Crippen molar-refractivity contribution in [1.29, 1.82) is 0 Å². The minimum atomic E-state index is -3.65. The molecule has 0 bridgehead atoms. The molecule has 0 saturated carbocycles. The highest BCUT2D eigenvalue weighted by molar-refractivity contribution is 9.12. The molecule has 1 heterocycles. The average Bonchev–Trinajstić information content (AvgIpc) is 1.81. The van der Waals surface area contributed by atoms with Crippen molar-refractivity contribution in [3.8, 4) is 0 Å². The molecule has 0 atom stereocenters. The maximum Gasteiger partial charge on any atom is 0.323 e. The van der Waals surface area contributed by atoms with Crippen LogP contribution in [-0.4, -0.2) is 14.3 Å². The van der Waals surface area contributed by atoms with Gasteiger partial charge in [-0.2, -0.15) is 8.42 Å². The van der Waals surface area contributed by atoms with Gasteiger partial charge in [-0.1, -0.05) is 0 Å². The minimum absolute atomic E-state index is 0.201. The summed E-state index contributed by atoms with van der Waals surface area (Å²) in [6.07, 6.45) is 0. The van der Waals surface area contributed by atoms with Gasteiger partial charge in [0, 0.05) is 5.70 Å². The summed E-state index contributed by atoms with van der Waals surface area (Å²) >= 11 is 2.91. The van der Waals surface area contributed by atoms with Gasteiger partial charge in [-0.15, -0.1) is 0 Å². The van der Waals surface area contributed by atoms with Gasteiger partial charge in [0.1, 0.15) is 4.48 Å². The monoisotopic (exact) mass is 240 g/mol. The summed E-state index contributed by atoms with van der Waals surface area (Å²) in [6, 6.07) is 0. The van der Waals surface area contributed by atoms with Crippen LogP contribution in [0.4, 0.5) is 0 Å². The first-order valence-corrected chi connectivity index (χ1v) is 4.91. The summed E-state index contributed by atoms with van der Waals surface area (Å²) in [5.74, 6) is -0.652. The Hall–Kier alpha value is -0.560. The van der Waals surface area contributed by atoms with Gasteiger partial charge >= 0.3 is 10.2 Å². The Morgan fingerprint density at radius 3 is 2.36 bits per heavy atom. The van der Waals surface area contributed by atoms with Gasteiger partial charge < -0.3 is 0 Å². The van der Waals surface area contributed by atoms with Crippen LogP contribution >= 0.6 is 15.9 Å². The Kier molecular flexibility index (Phi) is 1.93. The first kappa shape index (κ1) is 8.54. The topological polar surface area (TPSA) is 75.3 Å². The smallest absolute Gasteiger partial charge is 0.269 e. The fourth-order valence-electron chi connectivity index (χ4n) is 0.609. The molecule has 5 nitrogen and oxygen atoms in total.